The first-order valence-corrected chi connectivity index (χ1v) is 3.48. The smallest absolute Gasteiger partial charge is 0.278 e. The molecule has 0 aliphatic rings. The maximum Gasteiger partial charge on any atom is 0.278 e. The lowest BCUT2D eigenvalue weighted by atomic mass is 10.2. The van der Waals surface area contributed by atoms with Gasteiger partial charge in [-0.1, -0.05) is 12.1 Å². The third kappa shape index (κ3) is 1.57. The molecule has 0 aliphatic carbocycles. The van der Waals surface area contributed by atoms with Gasteiger partial charge in [0.2, 0.25) is 0 Å². The average molecular weight is 182 g/mol. The van der Waals surface area contributed by atoms with E-state index in [-0.39, 0.29) is 11.3 Å². The first kappa shape index (κ1) is 8.61. The van der Waals surface area contributed by atoms with Crippen molar-refractivity contribution < 1.29 is 9.72 Å². The van der Waals surface area contributed by atoms with Crippen molar-refractivity contribution in [2.45, 2.75) is 0 Å². The number of nitrogens with zero attached hydrogens (tertiary/aromatic N) is 1. The Kier molecular flexibility index (Phi) is 2.35. The maximum atomic E-state index is 10.7. The van der Waals surface area contributed by atoms with Crippen LogP contribution < -0.4 is 0 Å². The molecule has 0 saturated heterocycles. The number of benzene rings is 1. The van der Waals surface area contributed by atoms with Gasteiger partial charge < -0.3 is 17.4 Å². The minimum Gasteiger partial charge on any atom is -0.737 e. The van der Waals surface area contributed by atoms with Crippen molar-refractivity contribution in [3.05, 3.63) is 39.9 Å². The molecule has 0 atom stereocenters. The van der Waals surface area contributed by atoms with Crippen LogP contribution in [-0.4, -0.2) is 10.0 Å². The summed E-state index contributed by atoms with van der Waals surface area (Å²) in [7, 11) is 0. The molecule has 12 heavy (non-hydrogen) atoms. The van der Waals surface area contributed by atoms with E-state index < -0.39 is 10.0 Å². The van der Waals surface area contributed by atoms with Crippen LogP contribution in [0.4, 0.5) is 5.69 Å². The summed E-state index contributed by atoms with van der Waals surface area (Å²) in [6.45, 7) is 0. The predicted molar refractivity (Wildman–Crippen MR) is 44.8 cm³/mol. The van der Waals surface area contributed by atoms with Crippen LogP contribution in [0.3, 0.4) is 0 Å². The Morgan fingerprint density at radius 3 is 2.42 bits per heavy atom. The van der Waals surface area contributed by atoms with Gasteiger partial charge in [0.1, 0.15) is 0 Å². The highest BCUT2D eigenvalue weighted by atomic mass is 32.1. The van der Waals surface area contributed by atoms with Crippen LogP contribution in [0, 0.1) is 10.1 Å². The molecule has 0 unspecified atom stereocenters. The molecule has 1 aromatic rings. The lowest BCUT2D eigenvalue weighted by Gasteiger charge is -2.03. The summed E-state index contributed by atoms with van der Waals surface area (Å²) in [5.74, 6) is 0. The lowest BCUT2D eigenvalue weighted by molar-refractivity contribution is -0.385. The van der Waals surface area contributed by atoms with Gasteiger partial charge >= 0.3 is 0 Å². The van der Waals surface area contributed by atoms with Gasteiger partial charge in [0, 0.05) is 11.2 Å². The summed E-state index contributed by atoms with van der Waals surface area (Å²) < 4.78 is 0. The fraction of sp³-hybridized carbons (Fsp3) is 0. The number of carbonyl (C=O) groups excluding carboxylic acids is 1. The first-order chi connectivity index (χ1) is 5.63. The molecule has 1 aromatic carbocycles. The van der Waals surface area contributed by atoms with Gasteiger partial charge in [-0.15, -0.1) is 0 Å². The first-order valence-electron chi connectivity index (χ1n) is 3.07. The molecule has 0 saturated carbocycles. The molecular weight excluding hydrogens is 178 g/mol. The number of hydrogen-bond donors (Lipinski definition) is 0. The fourth-order valence-corrected chi connectivity index (χ4v) is 0.978. The van der Waals surface area contributed by atoms with E-state index in [4.69, 9.17) is 0 Å². The van der Waals surface area contributed by atoms with Crippen LogP contribution in [0.15, 0.2) is 24.3 Å². The zero-order valence-electron chi connectivity index (χ0n) is 5.89. The Bertz CT molecular complexity index is 304. The van der Waals surface area contributed by atoms with Gasteiger partial charge in [-0.3, -0.25) is 10.1 Å². The lowest BCUT2D eigenvalue weighted by Crippen LogP contribution is -1.99. The molecule has 0 bridgehead atoms. The number of nitro benzene ring substituents is 1. The van der Waals surface area contributed by atoms with Crippen molar-refractivity contribution in [1.29, 1.82) is 0 Å². The van der Waals surface area contributed by atoms with Crippen molar-refractivity contribution in [1.82, 2.24) is 0 Å². The standard InChI is InChI=1S/C7H5NO3S/c9-7(12)5-3-1-2-4-6(5)8(10)11/h1-4H,(H,9,12)/p-1. The summed E-state index contributed by atoms with van der Waals surface area (Å²) in [5.41, 5.74) is -0.269. The Morgan fingerprint density at radius 1 is 1.42 bits per heavy atom. The Morgan fingerprint density at radius 2 is 2.00 bits per heavy atom. The van der Waals surface area contributed by atoms with E-state index >= 15 is 0 Å². The van der Waals surface area contributed by atoms with E-state index in [9.17, 15) is 14.9 Å². The van der Waals surface area contributed by atoms with Gasteiger partial charge in [-0.25, -0.2) is 0 Å². The van der Waals surface area contributed by atoms with E-state index in [2.05, 4.69) is 12.6 Å². The Balaban J connectivity index is 3.27. The van der Waals surface area contributed by atoms with Crippen molar-refractivity contribution in [3.63, 3.8) is 0 Å². The molecular formula is C7H4NO3S-. The van der Waals surface area contributed by atoms with E-state index in [0.717, 1.165) is 0 Å². The molecule has 0 fully saturated rings. The molecule has 0 aliphatic heterocycles. The fourth-order valence-electron chi connectivity index (χ4n) is 0.805. The van der Waals surface area contributed by atoms with Crippen molar-refractivity contribution in [2.24, 2.45) is 0 Å². The summed E-state index contributed by atoms with van der Waals surface area (Å²) in [4.78, 5) is 20.4. The molecule has 62 valence electrons. The normalized spacial score (nSPS) is 9.33. The van der Waals surface area contributed by atoms with Crippen LogP contribution in [0.1, 0.15) is 10.4 Å². The minimum absolute atomic E-state index is 0.0301. The van der Waals surface area contributed by atoms with Crippen LogP contribution in [-0.2, 0) is 12.6 Å². The average Bonchev–Trinajstić information content (AvgIpc) is 2.04. The third-order valence-electron chi connectivity index (χ3n) is 1.32. The second-order valence-corrected chi connectivity index (χ2v) is 2.43. The van der Waals surface area contributed by atoms with Crippen molar-refractivity contribution in [2.75, 3.05) is 0 Å². The SMILES string of the molecule is O=C([S-])c1ccccc1[N+](=O)[O-]. The van der Waals surface area contributed by atoms with Gasteiger partial charge in [0.05, 0.1) is 10.5 Å². The molecule has 5 heteroatoms. The van der Waals surface area contributed by atoms with E-state index in [0.29, 0.717) is 0 Å². The van der Waals surface area contributed by atoms with Crippen LogP contribution >= 0.6 is 0 Å². The largest absolute Gasteiger partial charge is 0.737 e. The number of hydrogen-bond acceptors (Lipinski definition) is 4. The van der Waals surface area contributed by atoms with Gasteiger partial charge in [0.15, 0.2) is 0 Å². The molecule has 0 N–H and O–H groups in total. The second kappa shape index (κ2) is 3.27. The summed E-state index contributed by atoms with van der Waals surface area (Å²) in [6.07, 6.45) is 0. The van der Waals surface area contributed by atoms with Crippen LogP contribution in [0.2, 0.25) is 0 Å². The monoisotopic (exact) mass is 182 g/mol. The quantitative estimate of drug-likeness (QED) is 0.392. The van der Waals surface area contributed by atoms with Gasteiger partial charge in [-0.05, 0) is 6.07 Å². The number of rotatable bonds is 2. The molecule has 1 rings (SSSR count). The third-order valence-corrected chi connectivity index (χ3v) is 1.54. The Labute approximate surface area is 73.8 Å². The van der Waals surface area contributed by atoms with E-state index in [1.165, 1.54) is 24.3 Å². The molecule has 0 spiro atoms. The summed E-state index contributed by atoms with van der Waals surface area (Å²) >= 11 is 4.31. The molecule has 0 amide bonds. The molecule has 0 radical (unpaired) electrons. The molecule has 0 aromatic heterocycles. The highest BCUT2D eigenvalue weighted by Crippen LogP contribution is 2.17. The zero-order chi connectivity index (χ0) is 9.14. The topological polar surface area (TPSA) is 60.2 Å². The summed E-state index contributed by atoms with van der Waals surface area (Å²) in [6, 6.07) is 5.61. The predicted octanol–water partition coefficient (Wildman–Crippen LogP) is 1.28. The van der Waals surface area contributed by atoms with Gasteiger partial charge in [0.25, 0.3) is 5.69 Å². The maximum absolute atomic E-state index is 10.7. The van der Waals surface area contributed by atoms with Crippen LogP contribution in [0.25, 0.3) is 0 Å². The highest BCUT2D eigenvalue weighted by Gasteiger charge is 2.11. The van der Waals surface area contributed by atoms with Crippen LogP contribution in [0.5, 0.6) is 0 Å². The highest BCUT2D eigenvalue weighted by molar-refractivity contribution is 7.77. The van der Waals surface area contributed by atoms with E-state index in [1.807, 2.05) is 0 Å². The minimum atomic E-state index is -0.706. The number of para-hydroxylation sites is 1. The second-order valence-electron chi connectivity index (χ2n) is 2.06. The molecule has 0 heterocycles. The van der Waals surface area contributed by atoms with Crippen molar-refractivity contribution >= 4 is 23.4 Å². The van der Waals surface area contributed by atoms with Gasteiger partial charge in [-0.2, -0.15) is 0 Å². The molecule has 4 nitrogen and oxygen atoms in total. The number of carbonyl (C=O) groups is 1. The zero-order valence-corrected chi connectivity index (χ0v) is 6.71. The van der Waals surface area contributed by atoms with Crippen molar-refractivity contribution in [3.8, 4) is 0 Å². The van der Waals surface area contributed by atoms with E-state index in [1.54, 1.807) is 0 Å². The summed E-state index contributed by atoms with van der Waals surface area (Å²) in [5, 5.41) is 9.63. The number of nitro groups is 1. The Hall–Kier alpha value is -1.49.